The zero-order valence-electron chi connectivity index (χ0n) is 12.3. The summed E-state index contributed by atoms with van der Waals surface area (Å²) in [7, 11) is 1.53. The minimum atomic E-state index is -0.482. The topological polar surface area (TPSA) is 59.6 Å². The van der Waals surface area contributed by atoms with Crippen LogP contribution in [0, 0.1) is 5.82 Å². The first-order chi connectivity index (χ1) is 10.5. The van der Waals surface area contributed by atoms with Gasteiger partial charge in [0, 0.05) is 12.8 Å². The molecule has 0 aliphatic carbocycles. The summed E-state index contributed by atoms with van der Waals surface area (Å²) in [6.45, 7) is 2.22. The molecule has 1 aliphatic rings. The number of ether oxygens (including phenoxy) is 2. The number of halogens is 1. The van der Waals surface area contributed by atoms with Gasteiger partial charge in [-0.3, -0.25) is 0 Å². The number of rotatable bonds is 5. The lowest BCUT2D eigenvalue weighted by atomic mass is 9.96. The van der Waals surface area contributed by atoms with Crippen molar-refractivity contribution in [2.24, 2.45) is 0 Å². The molecule has 1 heterocycles. The Labute approximate surface area is 133 Å². The normalized spacial score (nSPS) is 17.8. The number of thiocarbonyl (C=S) groups is 1. The van der Waals surface area contributed by atoms with Crippen molar-refractivity contribution < 1.29 is 18.7 Å². The van der Waals surface area contributed by atoms with E-state index in [1.54, 1.807) is 19.1 Å². The Hall–Kier alpha value is -1.99. The van der Waals surface area contributed by atoms with E-state index in [2.05, 4.69) is 10.6 Å². The molecule has 1 aromatic rings. The molecule has 0 aromatic heterocycles. The Bertz CT molecular complexity index is 601. The zero-order valence-corrected chi connectivity index (χ0v) is 13.1. The summed E-state index contributed by atoms with van der Waals surface area (Å²) in [6.07, 6.45) is 0. The molecule has 0 fully saturated rings. The summed E-state index contributed by atoms with van der Waals surface area (Å²) in [4.78, 5) is 12.3. The minimum absolute atomic E-state index is 0.159. The smallest absolute Gasteiger partial charge is 0.338 e. The largest absolute Gasteiger partial charge is 0.460 e. The molecule has 118 valence electrons. The van der Waals surface area contributed by atoms with Gasteiger partial charge in [0.2, 0.25) is 0 Å². The quantitative estimate of drug-likeness (QED) is 0.489. The van der Waals surface area contributed by atoms with E-state index in [0.29, 0.717) is 23.0 Å². The van der Waals surface area contributed by atoms with Crippen LogP contribution >= 0.6 is 12.2 Å². The maximum Gasteiger partial charge on any atom is 0.338 e. The second-order valence-corrected chi connectivity index (χ2v) is 5.16. The predicted octanol–water partition coefficient (Wildman–Crippen LogP) is 1.81. The lowest BCUT2D eigenvalue weighted by Gasteiger charge is -2.29. The van der Waals surface area contributed by atoms with E-state index >= 15 is 0 Å². The van der Waals surface area contributed by atoms with E-state index in [1.165, 1.54) is 19.2 Å². The number of hydrogen-bond acceptors (Lipinski definition) is 4. The Morgan fingerprint density at radius 2 is 2.00 bits per heavy atom. The zero-order chi connectivity index (χ0) is 16.1. The van der Waals surface area contributed by atoms with Crippen molar-refractivity contribution in [1.82, 2.24) is 10.6 Å². The van der Waals surface area contributed by atoms with Gasteiger partial charge in [-0.15, -0.1) is 0 Å². The molecule has 0 amide bonds. The SMILES string of the molecule is COCCOC(=O)C1=C(C)NC(=S)NC1c1ccc(F)cc1. The van der Waals surface area contributed by atoms with Crippen LogP contribution in [0.1, 0.15) is 18.5 Å². The molecule has 2 rings (SSSR count). The van der Waals surface area contributed by atoms with E-state index in [-0.39, 0.29) is 12.4 Å². The summed E-state index contributed by atoms with van der Waals surface area (Å²) in [5, 5.41) is 6.32. The van der Waals surface area contributed by atoms with E-state index < -0.39 is 12.0 Å². The number of carbonyl (C=O) groups excluding carboxylic acids is 1. The highest BCUT2D eigenvalue weighted by molar-refractivity contribution is 7.80. The highest BCUT2D eigenvalue weighted by Crippen LogP contribution is 2.27. The molecule has 1 atom stereocenters. The Kier molecular flexibility index (Phi) is 5.46. The second-order valence-electron chi connectivity index (χ2n) is 4.75. The van der Waals surface area contributed by atoms with Gasteiger partial charge in [0.15, 0.2) is 5.11 Å². The number of carbonyl (C=O) groups is 1. The van der Waals surface area contributed by atoms with Crippen molar-refractivity contribution in [3.05, 3.63) is 46.9 Å². The van der Waals surface area contributed by atoms with E-state index in [1.807, 2.05) is 0 Å². The van der Waals surface area contributed by atoms with Crippen LogP contribution in [0.2, 0.25) is 0 Å². The van der Waals surface area contributed by atoms with Crippen molar-refractivity contribution >= 4 is 23.3 Å². The average Bonchev–Trinajstić information content (AvgIpc) is 2.47. The number of nitrogens with one attached hydrogen (secondary N) is 2. The first-order valence-corrected chi connectivity index (χ1v) is 7.13. The molecule has 2 N–H and O–H groups in total. The van der Waals surface area contributed by atoms with Crippen molar-refractivity contribution in [2.75, 3.05) is 20.3 Å². The maximum atomic E-state index is 13.1. The molecular weight excluding hydrogens is 307 g/mol. The molecule has 5 nitrogen and oxygen atoms in total. The van der Waals surface area contributed by atoms with Gasteiger partial charge in [-0.25, -0.2) is 9.18 Å². The second kappa shape index (κ2) is 7.33. The minimum Gasteiger partial charge on any atom is -0.460 e. The van der Waals surface area contributed by atoms with Gasteiger partial charge in [-0.05, 0) is 36.8 Å². The third-order valence-electron chi connectivity index (χ3n) is 3.21. The first kappa shape index (κ1) is 16.4. The van der Waals surface area contributed by atoms with Gasteiger partial charge in [0.05, 0.1) is 18.2 Å². The van der Waals surface area contributed by atoms with Crippen molar-refractivity contribution in [3.8, 4) is 0 Å². The molecule has 1 aromatic carbocycles. The standard InChI is InChI=1S/C15H17FN2O3S/c1-9-12(14(19)21-8-7-20-2)13(18-15(22)17-9)10-3-5-11(16)6-4-10/h3-6,13H,7-8H2,1-2H3,(H2,17,18,22). The van der Waals surface area contributed by atoms with Crippen molar-refractivity contribution in [2.45, 2.75) is 13.0 Å². The van der Waals surface area contributed by atoms with E-state index in [4.69, 9.17) is 21.7 Å². The fourth-order valence-electron chi connectivity index (χ4n) is 2.17. The Morgan fingerprint density at radius 1 is 1.32 bits per heavy atom. The number of hydrogen-bond donors (Lipinski definition) is 2. The first-order valence-electron chi connectivity index (χ1n) is 6.72. The summed E-state index contributed by atoms with van der Waals surface area (Å²) in [5.74, 6) is -0.809. The monoisotopic (exact) mass is 324 g/mol. The summed E-state index contributed by atoms with van der Waals surface area (Å²) >= 11 is 5.13. The molecule has 0 bridgehead atoms. The van der Waals surface area contributed by atoms with Gasteiger partial charge in [0.1, 0.15) is 12.4 Å². The van der Waals surface area contributed by atoms with Crippen LogP contribution in [0.25, 0.3) is 0 Å². The maximum absolute atomic E-state index is 13.1. The van der Waals surface area contributed by atoms with Crippen LogP contribution < -0.4 is 10.6 Å². The van der Waals surface area contributed by atoms with E-state index in [0.717, 1.165) is 5.56 Å². The number of methoxy groups -OCH3 is 1. The molecule has 1 unspecified atom stereocenters. The molecule has 0 radical (unpaired) electrons. The van der Waals surface area contributed by atoms with Gasteiger partial charge in [0.25, 0.3) is 0 Å². The van der Waals surface area contributed by atoms with Gasteiger partial charge >= 0.3 is 5.97 Å². The predicted molar refractivity (Wildman–Crippen MR) is 83.5 cm³/mol. The van der Waals surface area contributed by atoms with Crippen molar-refractivity contribution in [1.29, 1.82) is 0 Å². The van der Waals surface area contributed by atoms with Crippen LogP contribution in [0.4, 0.5) is 4.39 Å². The molecule has 1 aliphatic heterocycles. The van der Waals surface area contributed by atoms with Gasteiger partial charge in [-0.1, -0.05) is 12.1 Å². The highest BCUT2D eigenvalue weighted by Gasteiger charge is 2.30. The number of esters is 1. The summed E-state index contributed by atoms with van der Waals surface area (Å²) in [5.41, 5.74) is 1.75. The highest BCUT2D eigenvalue weighted by atomic mass is 32.1. The van der Waals surface area contributed by atoms with Crippen LogP contribution in [-0.2, 0) is 14.3 Å². The fourth-order valence-corrected chi connectivity index (χ4v) is 2.44. The number of allylic oxidation sites excluding steroid dienone is 1. The van der Waals surface area contributed by atoms with Crippen LogP contribution in [0.5, 0.6) is 0 Å². The molecule has 7 heteroatoms. The molecular formula is C15H17FN2O3S. The third-order valence-corrected chi connectivity index (χ3v) is 3.43. The average molecular weight is 324 g/mol. The lowest BCUT2D eigenvalue weighted by Crippen LogP contribution is -2.45. The third kappa shape index (κ3) is 3.80. The number of benzene rings is 1. The van der Waals surface area contributed by atoms with Gasteiger partial charge < -0.3 is 20.1 Å². The van der Waals surface area contributed by atoms with Crippen molar-refractivity contribution in [3.63, 3.8) is 0 Å². The Morgan fingerprint density at radius 3 is 2.64 bits per heavy atom. The van der Waals surface area contributed by atoms with Crippen LogP contribution in [0.15, 0.2) is 35.5 Å². The van der Waals surface area contributed by atoms with Crippen LogP contribution in [0.3, 0.4) is 0 Å². The summed E-state index contributed by atoms with van der Waals surface area (Å²) < 4.78 is 23.1. The summed E-state index contributed by atoms with van der Waals surface area (Å²) in [6, 6.07) is 5.41. The van der Waals surface area contributed by atoms with E-state index in [9.17, 15) is 9.18 Å². The van der Waals surface area contributed by atoms with Crippen LogP contribution in [-0.4, -0.2) is 31.4 Å². The molecule has 0 saturated carbocycles. The molecule has 0 saturated heterocycles. The fraction of sp³-hybridized carbons (Fsp3) is 0.333. The molecule has 0 spiro atoms. The molecule has 22 heavy (non-hydrogen) atoms. The Balaban J connectivity index is 2.28. The van der Waals surface area contributed by atoms with Gasteiger partial charge in [-0.2, -0.15) is 0 Å². The lowest BCUT2D eigenvalue weighted by molar-refractivity contribution is -0.140.